The molecule has 2 atom stereocenters. The van der Waals surface area contributed by atoms with Crippen LogP contribution in [0.2, 0.25) is 0 Å². The number of ether oxygens (including phenoxy) is 2. The van der Waals surface area contributed by atoms with Crippen molar-refractivity contribution in [2.24, 2.45) is 0 Å². The van der Waals surface area contributed by atoms with Crippen molar-refractivity contribution in [1.29, 1.82) is 0 Å². The molecule has 121 valence electrons. The van der Waals surface area contributed by atoms with Gasteiger partial charge < -0.3 is 9.47 Å². The van der Waals surface area contributed by atoms with Crippen LogP contribution in [0, 0.1) is 6.92 Å². The molecule has 0 N–H and O–H groups in total. The predicted octanol–water partition coefficient (Wildman–Crippen LogP) is 5.55. The molecule has 0 saturated carbocycles. The van der Waals surface area contributed by atoms with Crippen molar-refractivity contribution in [3.8, 4) is 0 Å². The van der Waals surface area contributed by atoms with Gasteiger partial charge >= 0.3 is 0 Å². The smallest absolute Gasteiger partial charge is 0.0841 e. The molecule has 0 heterocycles. The van der Waals surface area contributed by atoms with Crippen molar-refractivity contribution in [1.82, 2.24) is 0 Å². The lowest BCUT2D eigenvalue weighted by Gasteiger charge is -2.28. The molecule has 0 bridgehead atoms. The fraction of sp³-hybridized carbons (Fsp3) is 0.944. The second kappa shape index (κ2) is 12.6. The van der Waals surface area contributed by atoms with E-state index in [2.05, 4.69) is 41.5 Å². The Hall–Kier alpha value is -0.0800. The highest BCUT2D eigenvalue weighted by Crippen LogP contribution is 2.17. The molecular weight excluding hydrogens is 248 g/mol. The molecule has 0 aliphatic carbocycles. The molecule has 0 saturated heterocycles. The number of hydrogen-bond donors (Lipinski definition) is 0. The highest BCUT2D eigenvalue weighted by Gasteiger charge is 2.20. The number of unbranched alkanes of at least 4 members (excludes halogenated alkanes) is 6. The van der Waals surface area contributed by atoms with Crippen LogP contribution < -0.4 is 0 Å². The summed E-state index contributed by atoms with van der Waals surface area (Å²) in [5.74, 6) is 0. The summed E-state index contributed by atoms with van der Waals surface area (Å²) in [4.78, 5) is 0. The maximum absolute atomic E-state index is 5.97. The molecule has 0 spiro atoms. The van der Waals surface area contributed by atoms with Crippen molar-refractivity contribution >= 4 is 0 Å². The summed E-state index contributed by atoms with van der Waals surface area (Å²) in [5, 5.41) is 0. The van der Waals surface area contributed by atoms with Crippen molar-refractivity contribution in [2.75, 3.05) is 0 Å². The first-order valence-corrected chi connectivity index (χ1v) is 8.61. The Bertz CT molecular complexity index is 202. The third-order valence-electron chi connectivity index (χ3n) is 3.40. The highest BCUT2D eigenvalue weighted by atomic mass is 16.5. The molecule has 0 aromatic carbocycles. The van der Waals surface area contributed by atoms with E-state index in [1.165, 1.54) is 44.9 Å². The maximum atomic E-state index is 5.97. The minimum Gasteiger partial charge on any atom is -0.373 e. The lowest BCUT2D eigenvalue weighted by molar-refractivity contribution is -0.0951. The predicted molar refractivity (Wildman–Crippen MR) is 88.0 cm³/mol. The van der Waals surface area contributed by atoms with Gasteiger partial charge in [0.2, 0.25) is 0 Å². The molecule has 2 nitrogen and oxygen atoms in total. The summed E-state index contributed by atoms with van der Waals surface area (Å²) in [6.45, 7) is 14.7. The average Bonchev–Trinajstić information content (AvgIpc) is 2.35. The normalized spacial score (nSPS) is 15.0. The molecule has 2 unspecified atom stereocenters. The first-order valence-electron chi connectivity index (χ1n) is 8.61. The summed E-state index contributed by atoms with van der Waals surface area (Å²) in [7, 11) is 0. The van der Waals surface area contributed by atoms with Crippen LogP contribution in [0.15, 0.2) is 0 Å². The Morgan fingerprint density at radius 1 is 0.750 bits per heavy atom. The summed E-state index contributed by atoms with van der Waals surface area (Å²) in [6.07, 6.45) is 10.9. The van der Waals surface area contributed by atoms with E-state index in [0.717, 1.165) is 6.42 Å². The van der Waals surface area contributed by atoms with E-state index in [4.69, 9.17) is 9.47 Å². The molecule has 0 aliphatic heterocycles. The van der Waals surface area contributed by atoms with Gasteiger partial charge in [-0.2, -0.15) is 0 Å². The minimum atomic E-state index is -0.0579. The van der Waals surface area contributed by atoms with Gasteiger partial charge in [-0.3, -0.25) is 0 Å². The molecule has 0 aliphatic rings. The molecule has 0 amide bonds. The van der Waals surface area contributed by atoms with Gasteiger partial charge in [-0.15, -0.1) is 0 Å². The lowest BCUT2D eigenvalue weighted by atomic mass is 10.0. The molecule has 2 heteroatoms. The van der Waals surface area contributed by atoms with Crippen LogP contribution in [0.25, 0.3) is 0 Å². The standard InChI is InChI=1S/C18H37O2/c1-7-8-9-10-11-12-13-14-18(20-16(4)5)17(6)19-15(2)3/h15-18H,6-14H2,1-5H3. The maximum Gasteiger partial charge on any atom is 0.0841 e. The van der Waals surface area contributed by atoms with Crippen LogP contribution in [-0.4, -0.2) is 24.4 Å². The van der Waals surface area contributed by atoms with Gasteiger partial charge in [0.05, 0.1) is 24.4 Å². The topological polar surface area (TPSA) is 18.5 Å². The fourth-order valence-electron chi connectivity index (χ4n) is 2.43. The van der Waals surface area contributed by atoms with E-state index >= 15 is 0 Å². The van der Waals surface area contributed by atoms with Crippen molar-refractivity contribution < 1.29 is 9.47 Å². The zero-order valence-electron chi connectivity index (χ0n) is 14.5. The van der Waals surface area contributed by atoms with Gasteiger partial charge in [0, 0.05) is 0 Å². The monoisotopic (exact) mass is 285 g/mol. The Morgan fingerprint density at radius 3 is 1.75 bits per heavy atom. The fourth-order valence-corrected chi connectivity index (χ4v) is 2.43. The quantitative estimate of drug-likeness (QED) is 0.413. The van der Waals surface area contributed by atoms with Crippen LogP contribution in [0.5, 0.6) is 0 Å². The van der Waals surface area contributed by atoms with Crippen LogP contribution in [0.4, 0.5) is 0 Å². The highest BCUT2D eigenvalue weighted by molar-refractivity contribution is 4.75. The summed E-state index contributed by atoms with van der Waals surface area (Å²) in [6, 6.07) is 0. The average molecular weight is 285 g/mol. The van der Waals surface area contributed by atoms with Crippen LogP contribution in [-0.2, 0) is 9.47 Å². The summed E-state index contributed by atoms with van der Waals surface area (Å²) >= 11 is 0. The van der Waals surface area contributed by atoms with Crippen LogP contribution in [0.1, 0.15) is 86.0 Å². The van der Waals surface area contributed by atoms with Gasteiger partial charge in [0.25, 0.3) is 0 Å². The van der Waals surface area contributed by atoms with E-state index in [-0.39, 0.29) is 24.4 Å². The van der Waals surface area contributed by atoms with Gasteiger partial charge in [-0.1, -0.05) is 51.9 Å². The minimum absolute atomic E-state index is 0.0579. The third-order valence-corrected chi connectivity index (χ3v) is 3.40. The second-order valence-electron chi connectivity index (χ2n) is 6.36. The molecule has 0 aromatic rings. The first kappa shape index (κ1) is 19.9. The second-order valence-corrected chi connectivity index (χ2v) is 6.36. The molecule has 0 rings (SSSR count). The van der Waals surface area contributed by atoms with Crippen molar-refractivity contribution in [2.45, 2.75) is 110 Å². The summed E-state index contributed by atoms with van der Waals surface area (Å²) in [5.41, 5.74) is 0. The van der Waals surface area contributed by atoms with E-state index in [9.17, 15) is 0 Å². The Labute approximate surface area is 127 Å². The third kappa shape index (κ3) is 11.7. The van der Waals surface area contributed by atoms with E-state index in [1.54, 1.807) is 0 Å². The molecule has 1 radical (unpaired) electrons. The Kier molecular flexibility index (Phi) is 12.6. The molecule has 20 heavy (non-hydrogen) atoms. The van der Waals surface area contributed by atoms with E-state index in [1.807, 2.05) is 0 Å². The first-order chi connectivity index (χ1) is 9.47. The van der Waals surface area contributed by atoms with Crippen molar-refractivity contribution in [3.63, 3.8) is 0 Å². The largest absolute Gasteiger partial charge is 0.373 e. The zero-order valence-corrected chi connectivity index (χ0v) is 14.5. The van der Waals surface area contributed by atoms with Gasteiger partial charge in [-0.25, -0.2) is 0 Å². The van der Waals surface area contributed by atoms with Gasteiger partial charge in [0.15, 0.2) is 0 Å². The van der Waals surface area contributed by atoms with Crippen LogP contribution >= 0.6 is 0 Å². The SMILES string of the molecule is [CH2]C(OC(C)C)C(CCCCCCCCC)OC(C)C. The number of rotatable bonds is 13. The van der Waals surface area contributed by atoms with E-state index in [0.29, 0.717) is 0 Å². The lowest BCUT2D eigenvalue weighted by Crippen LogP contribution is -2.33. The Balaban J connectivity index is 3.86. The molecule has 0 fully saturated rings. The van der Waals surface area contributed by atoms with E-state index < -0.39 is 0 Å². The zero-order chi connectivity index (χ0) is 15.4. The molecular formula is C18H37O2. The number of hydrogen-bond acceptors (Lipinski definition) is 2. The summed E-state index contributed by atoms with van der Waals surface area (Å²) < 4.78 is 11.8. The van der Waals surface area contributed by atoms with Gasteiger partial charge in [-0.05, 0) is 41.0 Å². The Morgan fingerprint density at radius 2 is 1.25 bits per heavy atom. The van der Waals surface area contributed by atoms with Crippen LogP contribution in [0.3, 0.4) is 0 Å². The van der Waals surface area contributed by atoms with Gasteiger partial charge in [0.1, 0.15) is 0 Å². The van der Waals surface area contributed by atoms with Crippen molar-refractivity contribution in [3.05, 3.63) is 6.92 Å². The molecule has 0 aromatic heterocycles.